The Balaban J connectivity index is 1.62. The van der Waals surface area contributed by atoms with Crippen LogP contribution < -0.4 is 5.32 Å². The largest absolute Gasteiger partial charge is 0.378 e. The van der Waals surface area contributed by atoms with E-state index < -0.39 is 0 Å². The molecule has 3 heterocycles. The van der Waals surface area contributed by atoms with Crippen molar-refractivity contribution in [1.29, 1.82) is 0 Å². The van der Waals surface area contributed by atoms with Gasteiger partial charge in [0.1, 0.15) is 16.7 Å². The Hall–Kier alpha value is -1.31. The fourth-order valence-electron chi connectivity index (χ4n) is 2.80. The van der Waals surface area contributed by atoms with E-state index in [0.29, 0.717) is 6.61 Å². The van der Waals surface area contributed by atoms with Gasteiger partial charge in [-0.1, -0.05) is 6.42 Å². The molecule has 0 fully saturated rings. The summed E-state index contributed by atoms with van der Waals surface area (Å²) in [5.41, 5.74) is 1.06. The van der Waals surface area contributed by atoms with Crippen LogP contribution in [0.4, 0.5) is 0 Å². The molecular weight excluding hydrogens is 298 g/mol. The Morgan fingerprint density at radius 1 is 1.36 bits per heavy atom. The van der Waals surface area contributed by atoms with Crippen LogP contribution in [0.2, 0.25) is 0 Å². The Bertz CT molecular complexity index is 609. The van der Waals surface area contributed by atoms with E-state index in [1.54, 1.807) is 18.4 Å². The summed E-state index contributed by atoms with van der Waals surface area (Å²) in [4.78, 5) is 4.54. The van der Waals surface area contributed by atoms with Crippen LogP contribution in [-0.2, 0) is 30.9 Å². The lowest BCUT2D eigenvalue weighted by Gasteiger charge is -2.14. The van der Waals surface area contributed by atoms with Gasteiger partial charge < -0.3 is 14.6 Å². The van der Waals surface area contributed by atoms with Crippen molar-refractivity contribution >= 4 is 11.3 Å². The summed E-state index contributed by atoms with van der Waals surface area (Å²) < 4.78 is 7.40. The lowest BCUT2D eigenvalue weighted by Crippen LogP contribution is -2.22. The molecule has 7 heteroatoms. The lowest BCUT2D eigenvalue weighted by molar-refractivity contribution is 0.184. The van der Waals surface area contributed by atoms with Crippen LogP contribution in [0.15, 0.2) is 5.38 Å². The number of nitrogens with zero attached hydrogens (tertiary/aromatic N) is 4. The molecule has 0 aromatic carbocycles. The number of aryl methyl sites for hydroxylation is 1. The van der Waals surface area contributed by atoms with Crippen LogP contribution >= 0.6 is 11.3 Å². The number of hydrogen-bond acceptors (Lipinski definition) is 6. The molecule has 2 aromatic heterocycles. The molecule has 0 unspecified atom stereocenters. The highest BCUT2D eigenvalue weighted by atomic mass is 32.1. The van der Waals surface area contributed by atoms with E-state index in [2.05, 4.69) is 37.4 Å². The zero-order valence-corrected chi connectivity index (χ0v) is 14.0. The first-order valence-electron chi connectivity index (χ1n) is 7.85. The van der Waals surface area contributed by atoms with Crippen molar-refractivity contribution < 1.29 is 4.74 Å². The maximum absolute atomic E-state index is 5.11. The zero-order valence-electron chi connectivity index (χ0n) is 13.2. The average Bonchev–Trinajstić information content (AvgIpc) is 3.06. The van der Waals surface area contributed by atoms with Gasteiger partial charge in [-0.2, -0.15) is 0 Å². The monoisotopic (exact) mass is 321 g/mol. The highest BCUT2D eigenvalue weighted by Crippen LogP contribution is 2.19. The van der Waals surface area contributed by atoms with Crippen LogP contribution in [0.3, 0.4) is 0 Å². The third kappa shape index (κ3) is 3.53. The lowest BCUT2D eigenvalue weighted by atomic mass is 10.2. The van der Waals surface area contributed by atoms with Crippen molar-refractivity contribution in [1.82, 2.24) is 25.1 Å². The summed E-state index contributed by atoms with van der Waals surface area (Å²) in [6, 6.07) is 0.173. The first-order valence-corrected chi connectivity index (χ1v) is 8.73. The summed E-state index contributed by atoms with van der Waals surface area (Å²) in [5.74, 6) is 2.18. The van der Waals surface area contributed by atoms with E-state index in [1.807, 2.05) is 0 Å². The highest BCUT2D eigenvalue weighted by molar-refractivity contribution is 7.09. The third-order valence-electron chi connectivity index (χ3n) is 3.98. The number of hydrogen-bond donors (Lipinski definition) is 1. The van der Waals surface area contributed by atoms with Crippen molar-refractivity contribution in [2.45, 2.75) is 58.3 Å². The van der Waals surface area contributed by atoms with E-state index in [4.69, 9.17) is 4.74 Å². The van der Waals surface area contributed by atoms with E-state index in [9.17, 15) is 0 Å². The molecule has 0 aliphatic carbocycles. The standard InChI is InChI=1S/C15H23N5OS/c1-11(16-8-12-10-22-14(17-12)9-21-2)15-19-18-13-6-4-3-5-7-20(13)15/h10-11,16H,3-9H2,1-2H3/t11-/m1/s1. The molecule has 0 amide bonds. The second-order valence-corrected chi connectivity index (χ2v) is 6.65. The maximum Gasteiger partial charge on any atom is 0.149 e. The van der Waals surface area contributed by atoms with Gasteiger partial charge in [-0.15, -0.1) is 21.5 Å². The molecule has 120 valence electrons. The van der Waals surface area contributed by atoms with Gasteiger partial charge in [0, 0.05) is 32.0 Å². The minimum atomic E-state index is 0.173. The minimum Gasteiger partial charge on any atom is -0.378 e. The van der Waals surface area contributed by atoms with Crippen LogP contribution in [0.25, 0.3) is 0 Å². The normalized spacial score (nSPS) is 16.3. The number of fused-ring (bicyclic) bond motifs is 1. The number of ether oxygens (including phenoxy) is 1. The summed E-state index contributed by atoms with van der Waals surface area (Å²) in [6.45, 7) is 4.50. The van der Waals surface area contributed by atoms with Crippen molar-refractivity contribution in [3.8, 4) is 0 Å². The van der Waals surface area contributed by atoms with Gasteiger partial charge in [0.2, 0.25) is 0 Å². The van der Waals surface area contributed by atoms with Crippen LogP contribution in [0, 0.1) is 0 Å². The van der Waals surface area contributed by atoms with Crippen molar-refractivity contribution in [3.63, 3.8) is 0 Å². The predicted molar refractivity (Wildman–Crippen MR) is 85.7 cm³/mol. The second kappa shape index (κ2) is 7.30. The molecule has 1 atom stereocenters. The average molecular weight is 321 g/mol. The molecule has 0 bridgehead atoms. The van der Waals surface area contributed by atoms with Gasteiger partial charge in [-0.05, 0) is 19.8 Å². The smallest absolute Gasteiger partial charge is 0.149 e. The molecule has 0 radical (unpaired) electrons. The van der Waals surface area contributed by atoms with E-state index in [-0.39, 0.29) is 6.04 Å². The number of nitrogens with one attached hydrogen (secondary N) is 1. The predicted octanol–water partition coefficient (Wildman–Crippen LogP) is 2.46. The SMILES string of the molecule is COCc1nc(CN[C@H](C)c2nnc3n2CCCCC3)cs1. The molecular formula is C15H23N5OS. The molecule has 6 nitrogen and oxygen atoms in total. The topological polar surface area (TPSA) is 64.9 Å². The molecule has 1 aliphatic heterocycles. The van der Waals surface area contributed by atoms with Crippen molar-refractivity contribution in [2.75, 3.05) is 7.11 Å². The Morgan fingerprint density at radius 2 is 2.27 bits per heavy atom. The van der Waals surface area contributed by atoms with E-state index >= 15 is 0 Å². The summed E-state index contributed by atoms with van der Waals surface area (Å²) in [7, 11) is 1.69. The van der Waals surface area contributed by atoms with E-state index in [0.717, 1.165) is 41.9 Å². The third-order valence-corrected chi connectivity index (χ3v) is 4.85. The van der Waals surface area contributed by atoms with Gasteiger partial charge in [0.25, 0.3) is 0 Å². The molecule has 1 aliphatic rings. The minimum absolute atomic E-state index is 0.173. The molecule has 0 spiro atoms. The first kappa shape index (κ1) is 15.6. The second-order valence-electron chi connectivity index (χ2n) is 5.70. The number of rotatable bonds is 6. The molecule has 1 N–H and O–H groups in total. The van der Waals surface area contributed by atoms with E-state index in [1.165, 1.54) is 19.3 Å². The summed E-state index contributed by atoms with van der Waals surface area (Å²) >= 11 is 1.64. The zero-order chi connectivity index (χ0) is 15.4. The summed E-state index contributed by atoms with van der Waals surface area (Å²) in [5, 5.41) is 15.4. The van der Waals surface area contributed by atoms with Crippen LogP contribution in [0.5, 0.6) is 0 Å². The highest BCUT2D eigenvalue weighted by Gasteiger charge is 2.19. The number of aromatic nitrogens is 4. The molecule has 22 heavy (non-hydrogen) atoms. The number of methoxy groups -OCH3 is 1. The summed E-state index contributed by atoms with van der Waals surface area (Å²) in [6.07, 6.45) is 4.77. The van der Waals surface area contributed by atoms with Crippen LogP contribution in [0.1, 0.15) is 54.6 Å². The van der Waals surface area contributed by atoms with Crippen molar-refractivity contribution in [3.05, 3.63) is 27.7 Å². The van der Waals surface area contributed by atoms with Crippen molar-refractivity contribution in [2.24, 2.45) is 0 Å². The fraction of sp³-hybridized carbons (Fsp3) is 0.667. The Labute approximate surface area is 134 Å². The van der Waals surface area contributed by atoms with Gasteiger partial charge in [0.05, 0.1) is 18.3 Å². The van der Waals surface area contributed by atoms with Gasteiger partial charge in [-0.25, -0.2) is 4.98 Å². The molecule has 2 aromatic rings. The maximum atomic E-state index is 5.11. The number of thiazole rings is 1. The Morgan fingerprint density at radius 3 is 3.14 bits per heavy atom. The van der Waals surface area contributed by atoms with Gasteiger partial charge in [0.15, 0.2) is 0 Å². The fourth-order valence-corrected chi connectivity index (χ4v) is 3.56. The van der Waals surface area contributed by atoms with Gasteiger partial charge >= 0.3 is 0 Å². The van der Waals surface area contributed by atoms with Gasteiger partial charge in [-0.3, -0.25) is 0 Å². The Kier molecular flexibility index (Phi) is 5.17. The first-order chi connectivity index (χ1) is 10.8. The molecule has 3 rings (SSSR count). The van der Waals surface area contributed by atoms with Crippen LogP contribution in [-0.4, -0.2) is 26.9 Å². The quantitative estimate of drug-likeness (QED) is 0.885. The molecule has 0 saturated heterocycles. The molecule has 0 saturated carbocycles.